The molecule has 0 spiro atoms. The summed E-state index contributed by atoms with van der Waals surface area (Å²) in [4.78, 5) is 12.2. The first-order valence-electron chi connectivity index (χ1n) is 7.23. The van der Waals surface area contributed by atoms with E-state index in [9.17, 15) is 13.2 Å². The van der Waals surface area contributed by atoms with Gasteiger partial charge < -0.3 is 5.32 Å². The molecule has 1 amide bonds. The second kappa shape index (κ2) is 6.07. The number of benzene rings is 3. The lowest BCUT2D eigenvalue weighted by atomic mass is 10.1. The molecule has 0 aliphatic rings. The van der Waals surface area contributed by atoms with Gasteiger partial charge >= 0.3 is 0 Å². The zero-order valence-electron chi connectivity index (χ0n) is 12.9. The molecule has 24 heavy (non-hydrogen) atoms. The molecule has 0 saturated heterocycles. The second-order valence-electron chi connectivity index (χ2n) is 5.47. The number of nitrogens with one attached hydrogen (secondary N) is 1. The van der Waals surface area contributed by atoms with Gasteiger partial charge in [0, 0.05) is 11.3 Å². The first kappa shape index (κ1) is 16.2. The third kappa shape index (κ3) is 3.29. The maximum atomic E-state index is 12.4. The molecule has 6 heteroatoms. The van der Waals surface area contributed by atoms with E-state index in [1.54, 1.807) is 19.1 Å². The number of anilines is 1. The van der Waals surface area contributed by atoms with Crippen molar-refractivity contribution in [1.82, 2.24) is 0 Å². The Bertz CT molecular complexity index is 1040. The Hall–Kier alpha value is -2.70. The molecule has 2 N–H and O–H groups in total. The van der Waals surface area contributed by atoms with Crippen LogP contribution in [0.15, 0.2) is 65.6 Å². The van der Waals surface area contributed by atoms with Crippen LogP contribution in [-0.4, -0.2) is 18.9 Å². The first-order valence-corrected chi connectivity index (χ1v) is 8.67. The van der Waals surface area contributed by atoms with Crippen molar-refractivity contribution in [2.24, 2.45) is 0 Å². The van der Waals surface area contributed by atoms with Crippen molar-refractivity contribution >= 4 is 32.5 Å². The van der Waals surface area contributed by atoms with Gasteiger partial charge in [-0.3, -0.25) is 9.35 Å². The number of carbonyl (C=O) groups is 1. The largest absolute Gasteiger partial charge is 0.322 e. The van der Waals surface area contributed by atoms with Crippen LogP contribution >= 0.6 is 0 Å². The maximum absolute atomic E-state index is 12.4. The van der Waals surface area contributed by atoms with Crippen LogP contribution in [0, 0.1) is 6.92 Å². The van der Waals surface area contributed by atoms with Crippen LogP contribution in [0.1, 0.15) is 15.9 Å². The Labute approximate surface area is 139 Å². The summed E-state index contributed by atoms with van der Waals surface area (Å²) >= 11 is 0. The highest BCUT2D eigenvalue weighted by atomic mass is 32.2. The molecular formula is C18H15NO4S. The van der Waals surface area contributed by atoms with Gasteiger partial charge in [-0.1, -0.05) is 30.3 Å². The van der Waals surface area contributed by atoms with Gasteiger partial charge in [0.2, 0.25) is 0 Å². The zero-order chi connectivity index (χ0) is 17.3. The molecule has 0 radical (unpaired) electrons. The molecule has 0 aliphatic carbocycles. The van der Waals surface area contributed by atoms with Crippen LogP contribution in [0.2, 0.25) is 0 Å². The molecule has 0 aromatic heterocycles. The number of hydrogen-bond acceptors (Lipinski definition) is 3. The van der Waals surface area contributed by atoms with Gasteiger partial charge in [-0.2, -0.15) is 8.42 Å². The number of rotatable bonds is 3. The van der Waals surface area contributed by atoms with Crippen molar-refractivity contribution in [3.63, 3.8) is 0 Å². The van der Waals surface area contributed by atoms with Gasteiger partial charge in [-0.05, 0) is 53.6 Å². The van der Waals surface area contributed by atoms with Gasteiger partial charge in [-0.15, -0.1) is 0 Å². The highest BCUT2D eigenvalue weighted by Crippen LogP contribution is 2.21. The van der Waals surface area contributed by atoms with Gasteiger partial charge in [0.05, 0.1) is 4.90 Å². The Morgan fingerprint density at radius 1 is 0.958 bits per heavy atom. The molecule has 3 rings (SSSR count). The minimum Gasteiger partial charge on any atom is -0.322 e. The Balaban J connectivity index is 1.88. The normalized spacial score (nSPS) is 11.4. The predicted octanol–water partition coefficient (Wildman–Crippen LogP) is 3.65. The predicted molar refractivity (Wildman–Crippen MR) is 92.9 cm³/mol. The lowest BCUT2D eigenvalue weighted by molar-refractivity contribution is 0.102. The van der Waals surface area contributed by atoms with Gasteiger partial charge in [-0.25, -0.2) is 0 Å². The number of aryl methyl sites for hydroxylation is 1. The summed E-state index contributed by atoms with van der Waals surface area (Å²) in [6.45, 7) is 1.66. The fraction of sp³-hybridized carbons (Fsp3) is 0.0556. The average Bonchev–Trinajstić information content (AvgIpc) is 2.55. The summed E-state index contributed by atoms with van der Waals surface area (Å²) in [5, 5.41) is 4.76. The smallest absolute Gasteiger partial charge is 0.294 e. The lowest BCUT2D eigenvalue weighted by Gasteiger charge is -2.10. The third-order valence-electron chi connectivity index (χ3n) is 3.76. The van der Waals surface area contributed by atoms with Crippen molar-refractivity contribution in [3.8, 4) is 0 Å². The van der Waals surface area contributed by atoms with Crippen LogP contribution in [-0.2, 0) is 10.1 Å². The summed E-state index contributed by atoms with van der Waals surface area (Å²) in [6.07, 6.45) is 0. The van der Waals surface area contributed by atoms with Crippen molar-refractivity contribution in [2.75, 3.05) is 5.32 Å². The van der Waals surface area contributed by atoms with E-state index in [-0.39, 0.29) is 10.8 Å². The SMILES string of the molecule is Cc1cc(S(=O)(=O)O)ccc1NC(=O)c1ccc2ccccc2c1. The molecule has 0 heterocycles. The summed E-state index contributed by atoms with van der Waals surface area (Å²) in [6, 6.07) is 17.2. The molecular weight excluding hydrogens is 326 g/mol. The zero-order valence-corrected chi connectivity index (χ0v) is 13.7. The third-order valence-corrected chi connectivity index (χ3v) is 4.61. The number of fused-ring (bicyclic) bond motifs is 1. The molecule has 0 atom stereocenters. The first-order chi connectivity index (χ1) is 11.3. The molecule has 3 aromatic carbocycles. The minimum absolute atomic E-state index is 0.205. The van der Waals surface area contributed by atoms with Crippen molar-refractivity contribution in [1.29, 1.82) is 0 Å². The summed E-state index contributed by atoms with van der Waals surface area (Å²) in [7, 11) is -4.26. The number of amides is 1. The molecule has 0 bridgehead atoms. The molecule has 5 nitrogen and oxygen atoms in total. The van der Waals surface area contributed by atoms with Gasteiger partial charge in [0.25, 0.3) is 16.0 Å². The Morgan fingerprint density at radius 2 is 1.67 bits per heavy atom. The average molecular weight is 341 g/mol. The molecule has 0 unspecified atom stereocenters. The standard InChI is InChI=1S/C18H15NO4S/c1-12-10-16(24(21,22)23)8-9-17(12)19-18(20)15-7-6-13-4-2-3-5-14(13)11-15/h2-11H,1H3,(H,19,20)(H,21,22,23). The Kier molecular flexibility index (Phi) is 4.09. The quantitative estimate of drug-likeness (QED) is 0.712. The number of carbonyl (C=O) groups excluding carboxylic acids is 1. The van der Waals surface area contributed by atoms with Crippen molar-refractivity contribution < 1.29 is 17.8 Å². The summed E-state index contributed by atoms with van der Waals surface area (Å²) < 4.78 is 31.3. The monoisotopic (exact) mass is 341 g/mol. The molecule has 0 saturated carbocycles. The van der Waals surface area contributed by atoms with E-state index < -0.39 is 10.1 Å². The highest BCUT2D eigenvalue weighted by Gasteiger charge is 2.13. The maximum Gasteiger partial charge on any atom is 0.294 e. The van der Waals surface area contributed by atoms with Crippen LogP contribution in [0.4, 0.5) is 5.69 Å². The minimum atomic E-state index is -4.26. The van der Waals surface area contributed by atoms with E-state index in [1.807, 2.05) is 30.3 Å². The van der Waals surface area contributed by atoms with E-state index in [4.69, 9.17) is 4.55 Å². The number of hydrogen-bond donors (Lipinski definition) is 2. The Morgan fingerprint density at radius 3 is 2.33 bits per heavy atom. The van der Waals surface area contributed by atoms with E-state index in [0.717, 1.165) is 10.8 Å². The van der Waals surface area contributed by atoms with Gasteiger partial charge in [0.15, 0.2) is 0 Å². The topological polar surface area (TPSA) is 83.5 Å². The van der Waals surface area contributed by atoms with Crippen LogP contribution in [0.25, 0.3) is 10.8 Å². The van der Waals surface area contributed by atoms with Crippen LogP contribution in [0.5, 0.6) is 0 Å². The molecule has 0 fully saturated rings. The molecule has 0 aliphatic heterocycles. The van der Waals surface area contributed by atoms with Crippen LogP contribution in [0.3, 0.4) is 0 Å². The van der Waals surface area contributed by atoms with E-state index in [2.05, 4.69) is 5.32 Å². The summed E-state index contributed by atoms with van der Waals surface area (Å²) in [5.74, 6) is -0.288. The molecule has 122 valence electrons. The van der Waals surface area contributed by atoms with E-state index >= 15 is 0 Å². The fourth-order valence-corrected chi connectivity index (χ4v) is 3.03. The fourth-order valence-electron chi connectivity index (χ4n) is 2.46. The van der Waals surface area contributed by atoms with Crippen molar-refractivity contribution in [3.05, 3.63) is 71.8 Å². The molecule has 3 aromatic rings. The van der Waals surface area contributed by atoms with E-state index in [0.29, 0.717) is 16.8 Å². The van der Waals surface area contributed by atoms with E-state index in [1.165, 1.54) is 18.2 Å². The van der Waals surface area contributed by atoms with Crippen molar-refractivity contribution in [2.45, 2.75) is 11.8 Å². The highest BCUT2D eigenvalue weighted by molar-refractivity contribution is 7.85. The lowest BCUT2D eigenvalue weighted by Crippen LogP contribution is -2.13. The summed E-state index contributed by atoms with van der Waals surface area (Å²) in [5.41, 5.74) is 1.53. The second-order valence-corrected chi connectivity index (χ2v) is 6.89. The van der Waals surface area contributed by atoms with Crippen LogP contribution < -0.4 is 5.32 Å². The van der Waals surface area contributed by atoms with Gasteiger partial charge in [0.1, 0.15) is 0 Å².